The number of halogens is 1. The molecule has 0 aliphatic rings. The summed E-state index contributed by atoms with van der Waals surface area (Å²) in [7, 11) is 0. The Labute approximate surface area is 145 Å². The van der Waals surface area contributed by atoms with Crippen LogP contribution in [0.15, 0.2) is 54.6 Å². The third-order valence-corrected chi connectivity index (χ3v) is 3.54. The zero-order valence-electron chi connectivity index (χ0n) is 13.2. The lowest BCUT2D eigenvalue weighted by Crippen LogP contribution is -2.32. The van der Waals surface area contributed by atoms with Gasteiger partial charge in [-0.15, -0.1) is 0 Å². The first kappa shape index (κ1) is 17.8. The first-order valence-electron chi connectivity index (χ1n) is 7.44. The predicted octanol–water partition coefficient (Wildman–Crippen LogP) is 2.97. The quantitative estimate of drug-likeness (QED) is 0.782. The highest BCUT2D eigenvalue weighted by molar-refractivity contribution is 6.31. The molecule has 126 valence electrons. The van der Waals surface area contributed by atoms with Crippen LogP contribution in [-0.4, -0.2) is 24.6 Å². The Kier molecular flexibility index (Phi) is 6.63. The van der Waals surface area contributed by atoms with Gasteiger partial charge in [0.05, 0.1) is 0 Å². The van der Waals surface area contributed by atoms with Crippen LogP contribution in [0.4, 0.5) is 0 Å². The smallest absolute Gasteiger partial charge is 0.347 e. The molecule has 1 atom stereocenters. The number of para-hydroxylation sites is 1. The fraction of sp³-hybridized carbons (Fsp3) is 0.222. The summed E-state index contributed by atoms with van der Waals surface area (Å²) in [5.74, 6) is -0.452. The lowest BCUT2D eigenvalue weighted by Gasteiger charge is -2.14. The lowest BCUT2D eigenvalue weighted by molar-refractivity contribution is -0.154. The monoisotopic (exact) mass is 347 g/mol. The van der Waals surface area contributed by atoms with Crippen LogP contribution in [0.2, 0.25) is 5.02 Å². The second-order valence-corrected chi connectivity index (χ2v) is 5.46. The van der Waals surface area contributed by atoms with E-state index >= 15 is 0 Å². The van der Waals surface area contributed by atoms with Crippen molar-refractivity contribution in [2.75, 3.05) is 6.61 Å². The maximum atomic E-state index is 11.8. The largest absolute Gasteiger partial charge is 0.479 e. The number of hydrogen-bond acceptors (Lipinski definition) is 4. The molecule has 0 heterocycles. The maximum absolute atomic E-state index is 11.8. The molecule has 24 heavy (non-hydrogen) atoms. The van der Waals surface area contributed by atoms with Gasteiger partial charge in [0.2, 0.25) is 0 Å². The third-order valence-electron chi connectivity index (χ3n) is 3.17. The molecular weight excluding hydrogens is 330 g/mol. The molecule has 2 aromatic rings. The maximum Gasteiger partial charge on any atom is 0.347 e. The molecule has 6 heteroatoms. The van der Waals surface area contributed by atoms with Crippen molar-refractivity contribution in [2.24, 2.45) is 0 Å². The van der Waals surface area contributed by atoms with Gasteiger partial charge in [-0.1, -0.05) is 48.0 Å². The van der Waals surface area contributed by atoms with Gasteiger partial charge < -0.3 is 14.8 Å². The number of rotatable bonds is 7. The number of benzene rings is 2. The Morgan fingerprint density at radius 2 is 1.75 bits per heavy atom. The van der Waals surface area contributed by atoms with Gasteiger partial charge in [0.25, 0.3) is 5.91 Å². The standard InChI is InChI=1S/C18H18ClNO4/c1-13(24-15-8-3-2-4-9-15)18(22)23-12-17(21)20-11-14-7-5-6-10-16(14)19/h2-10,13H,11-12H2,1H3,(H,20,21)/t13-/m0/s1. The average Bonchev–Trinajstić information content (AvgIpc) is 2.59. The molecule has 0 saturated heterocycles. The number of carbonyl (C=O) groups is 2. The summed E-state index contributed by atoms with van der Waals surface area (Å²) in [6, 6.07) is 16.1. The number of esters is 1. The molecule has 5 nitrogen and oxygen atoms in total. The highest BCUT2D eigenvalue weighted by atomic mass is 35.5. The molecule has 0 fully saturated rings. The molecule has 2 rings (SSSR count). The highest BCUT2D eigenvalue weighted by Gasteiger charge is 2.17. The van der Waals surface area contributed by atoms with E-state index in [0.29, 0.717) is 10.8 Å². The summed E-state index contributed by atoms with van der Waals surface area (Å²) in [6.45, 7) is 1.47. The van der Waals surface area contributed by atoms with Crippen molar-refractivity contribution in [2.45, 2.75) is 19.6 Å². The number of carbonyl (C=O) groups excluding carboxylic acids is 2. The topological polar surface area (TPSA) is 64.6 Å². The Bertz CT molecular complexity index is 690. The first-order chi connectivity index (χ1) is 11.6. The molecule has 0 unspecified atom stereocenters. The lowest BCUT2D eigenvalue weighted by atomic mass is 10.2. The van der Waals surface area contributed by atoms with E-state index in [1.807, 2.05) is 24.3 Å². The molecule has 1 amide bonds. The van der Waals surface area contributed by atoms with Crippen molar-refractivity contribution in [1.82, 2.24) is 5.32 Å². The molecule has 2 aromatic carbocycles. The number of hydrogen-bond donors (Lipinski definition) is 1. The molecule has 0 bridgehead atoms. The van der Waals surface area contributed by atoms with Crippen LogP contribution in [0.5, 0.6) is 5.75 Å². The van der Waals surface area contributed by atoms with Crippen molar-refractivity contribution < 1.29 is 19.1 Å². The minimum atomic E-state index is -0.802. The van der Waals surface area contributed by atoms with E-state index < -0.39 is 18.0 Å². The fourth-order valence-electron chi connectivity index (χ4n) is 1.89. The molecule has 0 radical (unpaired) electrons. The summed E-state index contributed by atoms with van der Waals surface area (Å²) in [6.07, 6.45) is -0.802. The van der Waals surface area contributed by atoms with Gasteiger partial charge in [-0.2, -0.15) is 0 Å². The minimum Gasteiger partial charge on any atom is -0.479 e. The summed E-state index contributed by atoms with van der Waals surface area (Å²) >= 11 is 6.00. The Balaban J connectivity index is 1.73. The fourth-order valence-corrected chi connectivity index (χ4v) is 2.09. The highest BCUT2D eigenvalue weighted by Crippen LogP contribution is 2.14. The number of amides is 1. The van der Waals surface area contributed by atoms with E-state index in [-0.39, 0.29) is 13.2 Å². The predicted molar refractivity (Wildman–Crippen MR) is 90.8 cm³/mol. The van der Waals surface area contributed by atoms with Gasteiger partial charge in [0.15, 0.2) is 12.7 Å². The number of ether oxygens (including phenoxy) is 2. The van der Waals surface area contributed by atoms with Gasteiger partial charge in [-0.25, -0.2) is 4.79 Å². The average molecular weight is 348 g/mol. The van der Waals surface area contributed by atoms with E-state index in [1.165, 1.54) is 0 Å². The van der Waals surface area contributed by atoms with Gasteiger partial charge in [0, 0.05) is 11.6 Å². The minimum absolute atomic E-state index is 0.270. The molecule has 0 aromatic heterocycles. The molecule has 1 N–H and O–H groups in total. The van der Waals surface area contributed by atoms with Gasteiger partial charge in [-0.05, 0) is 30.7 Å². The van der Waals surface area contributed by atoms with Crippen molar-refractivity contribution >= 4 is 23.5 Å². The zero-order chi connectivity index (χ0) is 17.4. The van der Waals surface area contributed by atoms with Crippen LogP contribution in [-0.2, 0) is 20.9 Å². The Morgan fingerprint density at radius 3 is 2.46 bits per heavy atom. The van der Waals surface area contributed by atoms with Crippen LogP contribution in [0.3, 0.4) is 0 Å². The second-order valence-electron chi connectivity index (χ2n) is 5.05. The first-order valence-corrected chi connectivity index (χ1v) is 7.82. The normalized spacial score (nSPS) is 11.4. The van der Waals surface area contributed by atoms with Crippen LogP contribution in [0.25, 0.3) is 0 Å². The third kappa shape index (κ3) is 5.59. The number of nitrogens with one attached hydrogen (secondary N) is 1. The van der Waals surface area contributed by atoms with Crippen molar-refractivity contribution in [1.29, 1.82) is 0 Å². The van der Waals surface area contributed by atoms with Crippen LogP contribution >= 0.6 is 11.6 Å². The van der Waals surface area contributed by atoms with E-state index in [1.54, 1.807) is 37.3 Å². The van der Waals surface area contributed by atoms with Gasteiger partial charge in [-0.3, -0.25) is 4.79 Å². The SMILES string of the molecule is C[C@H](Oc1ccccc1)C(=O)OCC(=O)NCc1ccccc1Cl. The van der Waals surface area contributed by atoms with Gasteiger partial charge in [0.1, 0.15) is 5.75 Å². The van der Waals surface area contributed by atoms with Crippen LogP contribution in [0, 0.1) is 0 Å². The van der Waals surface area contributed by atoms with Crippen molar-refractivity contribution in [3.8, 4) is 5.75 Å². The Morgan fingerprint density at radius 1 is 1.08 bits per heavy atom. The summed E-state index contributed by atoms with van der Waals surface area (Å²) in [5.41, 5.74) is 0.791. The molecule has 0 aliphatic carbocycles. The van der Waals surface area contributed by atoms with Crippen molar-refractivity contribution in [3.63, 3.8) is 0 Å². The van der Waals surface area contributed by atoms with Crippen LogP contribution < -0.4 is 10.1 Å². The summed E-state index contributed by atoms with van der Waals surface area (Å²) < 4.78 is 10.4. The van der Waals surface area contributed by atoms with Crippen LogP contribution in [0.1, 0.15) is 12.5 Å². The van der Waals surface area contributed by atoms with E-state index in [4.69, 9.17) is 21.1 Å². The van der Waals surface area contributed by atoms with E-state index in [9.17, 15) is 9.59 Å². The van der Waals surface area contributed by atoms with Crippen molar-refractivity contribution in [3.05, 3.63) is 65.2 Å². The molecule has 0 saturated carbocycles. The molecule has 0 spiro atoms. The van der Waals surface area contributed by atoms with E-state index in [0.717, 1.165) is 5.56 Å². The molecular formula is C18H18ClNO4. The summed E-state index contributed by atoms with van der Waals surface area (Å²) in [4.78, 5) is 23.6. The van der Waals surface area contributed by atoms with E-state index in [2.05, 4.69) is 5.32 Å². The Hall–Kier alpha value is -2.53. The summed E-state index contributed by atoms with van der Waals surface area (Å²) in [5, 5.41) is 3.21. The van der Waals surface area contributed by atoms with Gasteiger partial charge >= 0.3 is 5.97 Å². The zero-order valence-corrected chi connectivity index (χ0v) is 14.0. The second kappa shape index (κ2) is 8.93. The molecule has 0 aliphatic heterocycles.